The molecule has 0 N–H and O–H groups in total. The van der Waals surface area contributed by atoms with E-state index >= 15 is 0 Å². The van der Waals surface area contributed by atoms with Crippen molar-refractivity contribution in [3.8, 4) is 0 Å². The summed E-state index contributed by atoms with van der Waals surface area (Å²) >= 11 is 0. The Morgan fingerprint density at radius 3 is 1.64 bits per heavy atom. The maximum absolute atomic E-state index is 11.8. The lowest BCUT2D eigenvalue weighted by molar-refractivity contribution is -0.137. The fourth-order valence-corrected chi connectivity index (χ4v) is 0.627. The van der Waals surface area contributed by atoms with Gasteiger partial charge in [0, 0.05) is 0 Å². The van der Waals surface area contributed by atoms with Gasteiger partial charge in [-0.05, 0) is 0 Å². The summed E-state index contributed by atoms with van der Waals surface area (Å²) in [7, 11) is 0. The summed E-state index contributed by atoms with van der Waals surface area (Å²) in [6, 6.07) is 6.36. The van der Waals surface area contributed by atoms with E-state index in [9.17, 15) is 13.2 Å². The Balaban J connectivity index is 0.000001000. The van der Waals surface area contributed by atoms with Gasteiger partial charge in [0.05, 0.1) is 5.56 Å². The zero-order chi connectivity index (χ0) is 7.61. The third-order valence-electron chi connectivity index (χ3n) is 1.10. The zero-order valence-corrected chi connectivity index (χ0v) is 6.98. The smallest absolute Gasteiger partial charge is 0.416 e. The maximum atomic E-state index is 11.8. The molecule has 0 aliphatic carbocycles. The highest BCUT2D eigenvalue weighted by Gasteiger charge is 2.29. The average Bonchev–Trinajstić information content (AvgIpc) is 1.88. The molecule has 4 heteroatoms. The second-order valence-corrected chi connectivity index (χ2v) is 1.86. The number of rotatable bonds is 0. The predicted octanol–water partition coefficient (Wildman–Crippen LogP) is -0.291. The van der Waals surface area contributed by atoms with Gasteiger partial charge in [-0.15, -0.1) is 0 Å². The van der Waals surface area contributed by atoms with E-state index in [0.29, 0.717) is 0 Å². The van der Waals surface area contributed by atoms with Crippen molar-refractivity contribution >= 4 is 0 Å². The van der Waals surface area contributed by atoms with Crippen molar-refractivity contribution in [3.63, 3.8) is 0 Å². The van der Waals surface area contributed by atoms with Gasteiger partial charge in [-0.1, -0.05) is 30.3 Å². The van der Waals surface area contributed by atoms with Crippen LogP contribution in [0, 0.1) is 0 Å². The maximum Gasteiger partial charge on any atom is 0.416 e. The topological polar surface area (TPSA) is 0 Å². The van der Waals surface area contributed by atoms with Crippen LogP contribution in [0.1, 0.15) is 5.56 Å². The molecule has 62 valence electrons. The third-order valence-corrected chi connectivity index (χ3v) is 1.10. The van der Waals surface area contributed by atoms with Crippen LogP contribution in [0.4, 0.5) is 13.2 Å². The van der Waals surface area contributed by atoms with Crippen LogP contribution < -0.4 is 17.0 Å². The molecule has 0 saturated heterocycles. The van der Waals surface area contributed by atoms with Gasteiger partial charge in [0.15, 0.2) is 0 Å². The van der Waals surface area contributed by atoms with Crippen molar-refractivity contribution in [2.45, 2.75) is 6.18 Å². The van der Waals surface area contributed by atoms with Crippen LogP contribution in [-0.2, 0) is 6.18 Å². The molecule has 0 spiro atoms. The number of benzene rings is 1. The molecular weight excluding hydrogens is 221 g/mol. The van der Waals surface area contributed by atoms with Crippen molar-refractivity contribution in [2.24, 2.45) is 0 Å². The molecule has 1 rings (SSSR count). The van der Waals surface area contributed by atoms with Crippen molar-refractivity contribution in [3.05, 3.63) is 35.9 Å². The lowest BCUT2D eigenvalue weighted by Gasteiger charge is -2.03. The number of halogens is 4. The molecule has 0 fully saturated rings. The van der Waals surface area contributed by atoms with Crippen molar-refractivity contribution in [1.82, 2.24) is 0 Å². The Morgan fingerprint density at radius 1 is 0.909 bits per heavy atom. The summed E-state index contributed by atoms with van der Waals surface area (Å²) in [5.41, 5.74) is -0.602. The molecule has 0 heterocycles. The van der Waals surface area contributed by atoms with Gasteiger partial charge >= 0.3 is 6.18 Å². The van der Waals surface area contributed by atoms with Gasteiger partial charge in [-0.25, -0.2) is 0 Å². The summed E-state index contributed by atoms with van der Waals surface area (Å²) in [5, 5.41) is 0. The van der Waals surface area contributed by atoms with Gasteiger partial charge in [0.1, 0.15) is 0 Å². The Labute approximate surface area is 72.8 Å². The highest BCUT2D eigenvalue weighted by atomic mass is 79.9. The molecule has 11 heavy (non-hydrogen) atoms. The first-order valence-electron chi connectivity index (χ1n) is 2.73. The van der Waals surface area contributed by atoms with E-state index in [1.165, 1.54) is 12.1 Å². The van der Waals surface area contributed by atoms with Crippen molar-refractivity contribution in [2.75, 3.05) is 0 Å². The first kappa shape index (κ1) is 10.5. The van der Waals surface area contributed by atoms with E-state index in [1.807, 2.05) is 0 Å². The number of hydrogen-bond acceptors (Lipinski definition) is 0. The van der Waals surface area contributed by atoms with E-state index in [1.54, 1.807) is 6.07 Å². The van der Waals surface area contributed by atoms with E-state index in [2.05, 4.69) is 0 Å². The van der Waals surface area contributed by atoms with Crippen LogP contribution in [0.5, 0.6) is 0 Å². The minimum absolute atomic E-state index is 0. The molecule has 0 aliphatic heterocycles. The van der Waals surface area contributed by atoms with Gasteiger partial charge in [-0.2, -0.15) is 13.2 Å². The molecule has 1 aromatic rings. The molecule has 0 nitrogen and oxygen atoms in total. The molecular formula is C7H5BrF3-. The summed E-state index contributed by atoms with van der Waals surface area (Å²) < 4.78 is 35.4. The van der Waals surface area contributed by atoms with Crippen LogP contribution >= 0.6 is 0 Å². The highest BCUT2D eigenvalue weighted by molar-refractivity contribution is 5.17. The lowest BCUT2D eigenvalue weighted by atomic mass is 10.2. The SMILES string of the molecule is FC(F)(F)c1ccccc1.[Br-]. The summed E-state index contributed by atoms with van der Waals surface area (Å²) in [6.07, 6.45) is -4.21. The molecule has 0 amide bonds. The van der Waals surface area contributed by atoms with Gasteiger partial charge < -0.3 is 17.0 Å². The Hall–Kier alpha value is -0.510. The number of alkyl halides is 3. The summed E-state index contributed by atoms with van der Waals surface area (Å²) in [5.74, 6) is 0. The summed E-state index contributed by atoms with van der Waals surface area (Å²) in [6.45, 7) is 0. The number of hydrogen-bond donors (Lipinski definition) is 0. The monoisotopic (exact) mass is 225 g/mol. The van der Waals surface area contributed by atoms with Gasteiger partial charge in [-0.3, -0.25) is 0 Å². The molecule has 0 aliphatic rings. The van der Waals surface area contributed by atoms with E-state index in [-0.39, 0.29) is 17.0 Å². The standard InChI is InChI=1S/C7H5F3.BrH/c8-7(9,10)6-4-2-1-3-5-6;/h1-5H;1H/p-1. The van der Waals surface area contributed by atoms with Gasteiger partial charge in [0.25, 0.3) is 0 Å². The fourth-order valence-electron chi connectivity index (χ4n) is 0.627. The first-order chi connectivity index (χ1) is 4.61. The van der Waals surface area contributed by atoms with Crippen LogP contribution in [0.2, 0.25) is 0 Å². The summed E-state index contributed by atoms with van der Waals surface area (Å²) in [4.78, 5) is 0. The minimum atomic E-state index is -4.21. The second kappa shape index (κ2) is 3.76. The first-order valence-corrected chi connectivity index (χ1v) is 2.73. The molecule has 0 saturated carbocycles. The zero-order valence-electron chi connectivity index (χ0n) is 5.40. The van der Waals surface area contributed by atoms with Crippen LogP contribution in [0.15, 0.2) is 30.3 Å². The fraction of sp³-hybridized carbons (Fsp3) is 0.143. The molecule has 0 radical (unpaired) electrons. The molecule has 0 atom stereocenters. The van der Waals surface area contributed by atoms with Gasteiger partial charge in [0.2, 0.25) is 0 Å². The molecule has 1 aromatic carbocycles. The Morgan fingerprint density at radius 2 is 1.36 bits per heavy atom. The largest absolute Gasteiger partial charge is 1.00 e. The molecule has 0 bridgehead atoms. The minimum Gasteiger partial charge on any atom is -1.00 e. The average molecular weight is 226 g/mol. The quantitative estimate of drug-likeness (QED) is 0.570. The van der Waals surface area contributed by atoms with Crippen LogP contribution in [0.3, 0.4) is 0 Å². The highest BCUT2D eigenvalue weighted by Crippen LogP contribution is 2.28. The second-order valence-electron chi connectivity index (χ2n) is 1.86. The van der Waals surface area contributed by atoms with Crippen molar-refractivity contribution < 1.29 is 30.2 Å². The Bertz CT molecular complexity index is 205. The van der Waals surface area contributed by atoms with Crippen LogP contribution in [0.25, 0.3) is 0 Å². The Kier molecular flexibility index (Phi) is 3.58. The van der Waals surface area contributed by atoms with E-state index in [4.69, 9.17) is 0 Å². The third kappa shape index (κ3) is 2.93. The van der Waals surface area contributed by atoms with E-state index in [0.717, 1.165) is 12.1 Å². The van der Waals surface area contributed by atoms with Crippen molar-refractivity contribution in [1.29, 1.82) is 0 Å². The van der Waals surface area contributed by atoms with Crippen LogP contribution in [-0.4, -0.2) is 0 Å². The normalized spacial score (nSPS) is 10.5. The molecule has 0 aromatic heterocycles. The molecule has 0 unspecified atom stereocenters. The lowest BCUT2D eigenvalue weighted by Crippen LogP contribution is -3.00. The van der Waals surface area contributed by atoms with E-state index < -0.39 is 11.7 Å². The predicted molar refractivity (Wildman–Crippen MR) is 31.4 cm³/mol.